The van der Waals surface area contributed by atoms with Crippen LogP contribution < -0.4 is 0 Å². The van der Waals surface area contributed by atoms with Crippen LogP contribution in [0.4, 0.5) is 0 Å². The predicted molar refractivity (Wildman–Crippen MR) is 99.0 cm³/mol. The van der Waals surface area contributed by atoms with E-state index in [1.807, 2.05) is 0 Å². The molecule has 0 spiro atoms. The van der Waals surface area contributed by atoms with Crippen molar-refractivity contribution in [1.82, 2.24) is 0 Å². The number of benzene rings is 1. The highest BCUT2D eigenvalue weighted by molar-refractivity contribution is 6.37. The van der Waals surface area contributed by atoms with Crippen molar-refractivity contribution in [3.05, 3.63) is 33.3 Å². The molecule has 1 rings (SSSR count). The lowest BCUT2D eigenvalue weighted by molar-refractivity contribution is 0.0697. The van der Waals surface area contributed by atoms with Crippen molar-refractivity contribution in [2.75, 3.05) is 0 Å². The first-order chi connectivity index (χ1) is 11.1. The zero-order chi connectivity index (χ0) is 17.1. The number of aromatic carboxylic acids is 1. The summed E-state index contributed by atoms with van der Waals surface area (Å²) >= 11 is 12.3. The Morgan fingerprint density at radius 1 is 0.913 bits per heavy atom. The van der Waals surface area contributed by atoms with E-state index in [-0.39, 0.29) is 5.56 Å². The minimum atomic E-state index is -1.00. The van der Waals surface area contributed by atoms with Gasteiger partial charge in [0.25, 0.3) is 0 Å². The van der Waals surface area contributed by atoms with Gasteiger partial charge in [-0.25, -0.2) is 4.79 Å². The lowest BCUT2D eigenvalue weighted by Gasteiger charge is -2.09. The summed E-state index contributed by atoms with van der Waals surface area (Å²) in [7, 11) is 0. The molecule has 1 N–H and O–H groups in total. The van der Waals surface area contributed by atoms with Crippen LogP contribution in [0.1, 0.15) is 87.1 Å². The average Bonchev–Trinajstić information content (AvgIpc) is 2.51. The van der Waals surface area contributed by atoms with Crippen LogP contribution in [0.2, 0.25) is 10.0 Å². The summed E-state index contributed by atoms with van der Waals surface area (Å²) in [5.74, 6) is -1.00. The van der Waals surface area contributed by atoms with Crippen molar-refractivity contribution in [3.8, 4) is 0 Å². The number of halogens is 2. The molecular weight excluding hydrogens is 331 g/mol. The fourth-order valence-electron chi connectivity index (χ4n) is 2.78. The number of rotatable bonds is 12. The van der Waals surface area contributed by atoms with Crippen LogP contribution in [-0.2, 0) is 6.42 Å². The maximum atomic E-state index is 11.1. The fourth-order valence-corrected chi connectivity index (χ4v) is 3.42. The summed E-state index contributed by atoms with van der Waals surface area (Å²) in [6.07, 6.45) is 13.4. The molecule has 130 valence electrons. The molecule has 1 aromatic rings. The van der Waals surface area contributed by atoms with E-state index in [0.717, 1.165) is 24.8 Å². The lowest BCUT2D eigenvalue weighted by Crippen LogP contribution is -2.01. The Morgan fingerprint density at radius 3 is 1.96 bits per heavy atom. The third-order valence-electron chi connectivity index (χ3n) is 4.20. The van der Waals surface area contributed by atoms with Gasteiger partial charge < -0.3 is 5.11 Å². The standard InChI is InChI=1S/C19H28Cl2O2/c1-2-3-4-5-6-7-8-9-10-11-12-15-17(20)14-13-16(18(15)21)19(22)23/h13-14H,2-12H2,1H3,(H,22,23). The smallest absolute Gasteiger partial charge is 0.337 e. The first kappa shape index (κ1) is 20.3. The third-order valence-corrected chi connectivity index (χ3v) is 4.98. The van der Waals surface area contributed by atoms with Crippen molar-refractivity contribution in [2.24, 2.45) is 0 Å². The number of hydrogen-bond acceptors (Lipinski definition) is 1. The number of carboxylic acids is 1. The molecule has 0 heterocycles. The van der Waals surface area contributed by atoms with Crippen LogP contribution >= 0.6 is 23.2 Å². The Balaban J connectivity index is 2.24. The van der Waals surface area contributed by atoms with Crippen LogP contribution in [0.3, 0.4) is 0 Å². The molecule has 0 aromatic heterocycles. The SMILES string of the molecule is CCCCCCCCCCCCc1c(Cl)ccc(C(=O)O)c1Cl. The third kappa shape index (κ3) is 7.58. The van der Waals surface area contributed by atoms with E-state index in [1.165, 1.54) is 57.4 Å². The second-order valence-corrected chi connectivity index (χ2v) is 6.91. The second-order valence-electron chi connectivity index (χ2n) is 6.12. The summed E-state index contributed by atoms with van der Waals surface area (Å²) < 4.78 is 0. The van der Waals surface area contributed by atoms with E-state index in [1.54, 1.807) is 6.07 Å². The molecule has 0 saturated carbocycles. The maximum absolute atomic E-state index is 11.1. The normalized spacial score (nSPS) is 10.9. The van der Waals surface area contributed by atoms with Gasteiger partial charge in [-0.05, 0) is 30.5 Å². The molecular formula is C19H28Cl2O2. The van der Waals surface area contributed by atoms with E-state index in [9.17, 15) is 4.79 Å². The molecule has 0 aliphatic heterocycles. The summed E-state index contributed by atoms with van der Waals surface area (Å²) in [6, 6.07) is 3.09. The summed E-state index contributed by atoms with van der Waals surface area (Å²) in [4.78, 5) is 11.1. The molecule has 0 aliphatic rings. The first-order valence-corrected chi connectivity index (χ1v) is 9.53. The molecule has 0 unspecified atom stereocenters. The highest BCUT2D eigenvalue weighted by Crippen LogP contribution is 2.30. The number of unbranched alkanes of at least 4 members (excludes halogenated alkanes) is 9. The van der Waals surface area contributed by atoms with Gasteiger partial charge in [0, 0.05) is 5.02 Å². The van der Waals surface area contributed by atoms with E-state index < -0.39 is 5.97 Å². The second kappa shape index (κ2) is 11.8. The van der Waals surface area contributed by atoms with Crippen molar-refractivity contribution in [2.45, 2.75) is 77.6 Å². The molecule has 0 bridgehead atoms. The number of carbonyl (C=O) groups is 1. The van der Waals surface area contributed by atoms with Crippen molar-refractivity contribution >= 4 is 29.2 Å². The molecule has 4 heteroatoms. The predicted octanol–water partition coefficient (Wildman–Crippen LogP) is 7.16. The van der Waals surface area contributed by atoms with E-state index in [4.69, 9.17) is 28.3 Å². The number of carboxylic acid groups (broad SMARTS) is 1. The molecule has 0 saturated heterocycles. The van der Waals surface area contributed by atoms with Crippen molar-refractivity contribution < 1.29 is 9.90 Å². The van der Waals surface area contributed by atoms with Crippen LogP contribution in [0.5, 0.6) is 0 Å². The van der Waals surface area contributed by atoms with Crippen molar-refractivity contribution in [3.63, 3.8) is 0 Å². The highest BCUT2D eigenvalue weighted by atomic mass is 35.5. The number of hydrogen-bond donors (Lipinski definition) is 1. The zero-order valence-electron chi connectivity index (χ0n) is 14.0. The molecule has 0 amide bonds. The van der Waals surface area contributed by atoms with Gasteiger partial charge in [-0.15, -0.1) is 0 Å². The fraction of sp³-hybridized carbons (Fsp3) is 0.632. The Labute approximate surface area is 150 Å². The molecule has 23 heavy (non-hydrogen) atoms. The topological polar surface area (TPSA) is 37.3 Å². The van der Waals surface area contributed by atoms with Gasteiger partial charge in [-0.3, -0.25) is 0 Å². The van der Waals surface area contributed by atoms with Gasteiger partial charge in [0.15, 0.2) is 0 Å². The Kier molecular flexibility index (Phi) is 10.4. The average molecular weight is 359 g/mol. The Morgan fingerprint density at radius 2 is 1.43 bits per heavy atom. The Hall–Kier alpha value is -0.730. The van der Waals surface area contributed by atoms with Crippen LogP contribution in [0.25, 0.3) is 0 Å². The van der Waals surface area contributed by atoms with Gasteiger partial charge in [0.2, 0.25) is 0 Å². The van der Waals surface area contributed by atoms with Crippen molar-refractivity contribution in [1.29, 1.82) is 0 Å². The van der Waals surface area contributed by atoms with E-state index in [2.05, 4.69) is 6.92 Å². The minimum absolute atomic E-state index is 0.137. The quantitative estimate of drug-likeness (QED) is 0.402. The maximum Gasteiger partial charge on any atom is 0.337 e. The monoisotopic (exact) mass is 358 g/mol. The minimum Gasteiger partial charge on any atom is -0.478 e. The van der Waals surface area contributed by atoms with Crippen LogP contribution in [0, 0.1) is 0 Å². The van der Waals surface area contributed by atoms with Gasteiger partial charge in [0.1, 0.15) is 0 Å². The lowest BCUT2D eigenvalue weighted by atomic mass is 10.0. The molecule has 0 fully saturated rings. The largest absolute Gasteiger partial charge is 0.478 e. The van der Waals surface area contributed by atoms with Gasteiger partial charge in [0.05, 0.1) is 10.6 Å². The first-order valence-electron chi connectivity index (χ1n) is 8.78. The molecule has 0 radical (unpaired) electrons. The van der Waals surface area contributed by atoms with E-state index in [0.29, 0.717) is 10.0 Å². The van der Waals surface area contributed by atoms with Crippen LogP contribution in [-0.4, -0.2) is 11.1 Å². The van der Waals surface area contributed by atoms with Gasteiger partial charge in [-0.1, -0.05) is 87.9 Å². The van der Waals surface area contributed by atoms with E-state index >= 15 is 0 Å². The summed E-state index contributed by atoms with van der Waals surface area (Å²) in [5.41, 5.74) is 0.908. The van der Waals surface area contributed by atoms with Gasteiger partial charge in [-0.2, -0.15) is 0 Å². The Bertz CT molecular complexity index is 487. The highest BCUT2D eigenvalue weighted by Gasteiger charge is 2.14. The molecule has 0 atom stereocenters. The molecule has 0 aliphatic carbocycles. The molecule has 2 nitrogen and oxygen atoms in total. The van der Waals surface area contributed by atoms with Crippen LogP contribution in [0.15, 0.2) is 12.1 Å². The molecule has 1 aromatic carbocycles. The zero-order valence-corrected chi connectivity index (χ0v) is 15.6. The summed E-state index contributed by atoms with van der Waals surface area (Å²) in [6.45, 7) is 2.24. The summed E-state index contributed by atoms with van der Waals surface area (Å²) in [5, 5.41) is 9.96. The van der Waals surface area contributed by atoms with Gasteiger partial charge >= 0.3 is 5.97 Å².